The average Bonchev–Trinajstić information content (AvgIpc) is 3.26. The molecule has 10 heteroatoms. The monoisotopic (exact) mass is 461 g/mol. The van der Waals surface area contributed by atoms with Crippen molar-refractivity contribution in [3.63, 3.8) is 0 Å². The third kappa shape index (κ3) is 4.36. The van der Waals surface area contributed by atoms with Crippen LogP contribution in [0, 0.1) is 5.92 Å². The Kier molecular flexibility index (Phi) is 6.12. The van der Waals surface area contributed by atoms with Gasteiger partial charge in [0.25, 0.3) is 0 Å². The summed E-state index contributed by atoms with van der Waals surface area (Å²) in [6.45, 7) is 0.516. The number of carbonyl (C=O) groups excluding carboxylic acids is 1. The molecular weight excluding hydrogens is 438 g/mol. The van der Waals surface area contributed by atoms with Gasteiger partial charge in [0, 0.05) is 42.3 Å². The van der Waals surface area contributed by atoms with Crippen molar-refractivity contribution >= 4 is 43.2 Å². The number of nitrogens with zero attached hydrogens (tertiary/aromatic N) is 2. The number of rotatable bonds is 6. The molecule has 2 aromatic carbocycles. The van der Waals surface area contributed by atoms with Gasteiger partial charge in [-0.25, -0.2) is 8.42 Å². The number of benzene rings is 2. The van der Waals surface area contributed by atoms with Crippen LogP contribution in [0.25, 0.3) is 10.1 Å². The fraction of sp³-hybridized carbons (Fsp3) is 0.333. The van der Waals surface area contributed by atoms with E-state index in [0.717, 1.165) is 10.1 Å². The van der Waals surface area contributed by atoms with E-state index < -0.39 is 10.0 Å². The minimum Gasteiger partial charge on any atom is -0.497 e. The highest BCUT2D eigenvalue weighted by molar-refractivity contribution is 7.89. The first-order valence-corrected chi connectivity index (χ1v) is 12.0. The minimum atomic E-state index is -3.77. The minimum absolute atomic E-state index is 0.0647. The lowest BCUT2D eigenvalue weighted by molar-refractivity contribution is -0.120. The fourth-order valence-electron chi connectivity index (χ4n) is 3.68. The Balaban J connectivity index is 1.43. The lowest BCUT2D eigenvalue weighted by Gasteiger charge is -2.31. The van der Waals surface area contributed by atoms with Crippen molar-refractivity contribution in [2.75, 3.05) is 32.6 Å². The van der Waals surface area contributed by atoms with Crippen LogP contribution in [-0.4, -0.2) is 50.3 Å². The Morgan fingerprint density at radius 3 is 2.61 bits per heavy atom. The van der Waals surface area contributed by atoms with Crippen molar-refractivity contribution < 1.29 is 22.7 Å². The maximum atomic E-state index is 13.2. The number of aromatic nitrogens is 1. The summed E-state index contributed by atoms with van der Waals surface area (Å²) in [5.41, 5.74) is 0.717. The molecule has 0 radical (unpaired) electrons. The SMILES string of the molecule is COc1ccc(OC)c(S(=O)(=O)N2CCC(C(=O)Nc3ccc4sncc4c3)CC2)c1. The molecule has 0 aliphatic carbocycles. The summed E-state index contributed by atoms with van der Waals surface area (Å²) in [6.07, 6.45) is 2.66. The van der Waals surface area contributed by atoms with Gasteiger partial charge >= 0.3 is 0 Å². The normalized spacial score (nSPS) is 15.7. The first-order valence-electron chi connectivity index (χ1n) is 9.80. The number of fused-ring (bicyclic) bond motifs is 1. The summed E-state index contributed by atoms with van der Waals surface area (Å²) in [5, 5.41) is 3.93. The van der Waals surface area contributed by atoms with E-state index in [-0.39, 0.29) is 35.6 Å². The lowest BCUT2D eigenvalue weighted by Crippen LogP contribution is -2.41. The molecule has 4 rings (SSSR count). The number of carbonyl (C=O) groups is 1. The highest BCUT2D eigenvalue weighted by Crippen LogP contribution is 2.33. The van der Waals surface area contributed by atoms with Crippen molar-refractivity contribution in [2.45, 2.75) is 17.7 Å². The smallest absolute Gasteiger partial charge is 0.246 e. The molecule has 31 heavy (non-hydrogen) atoms. The van der Waals surface area contributed by atoms with Crippen LogP contribution in [0.2, 0.25) is 0 Å². The zero-order valence-electron chi connectivity index (χ0n) is 17.2. The van der Waals surface area contributed by atoms with Gasteiger partial charge in [-0.2, -0.15) is 8.68 Å². The summed E-state index contributed by atoms with van der Waals surface area (Å²) in [4.78, 5) is 12.8. The molecule has 8 nitrogen and oxygen atoms in total. The number of anilines is 1. The van der Waals surface area contributed by atoms with Crippen LogP contribution in [-0.2, 0) is 14.8 Å². The van der Waals surface area contributed by atoms with Crippen molar-refractivity contribution in [1.29, 1.82) is 0 Å². The second kappa shape index (κ2) is 8.81. The molecule has 0 atom stereocenters. The number of nitrogens with one attached hydrogen (secondary N) is 1. The van der Waals surface area contributed by atoms with Crippen LogP contribution in [0.1, 0.15) is 12.8 Å². The first-order chi connectivity index (χ1) is 14.9. The van der Waals surface area contributed by atoms with Gasteiger partial charge < -0.3 is 14.8 Å². The second-order valence-corrected chi connectivity index (χ2v) is 10.0. The molecule has 164 valence electrons. The Morgan fingerprint density at radius 1 is 1.13 bits per heavy atom. The second-order valence-electron chi connectivity index (χ2n) is 7.26. The summed E-state index contributed by atoms with van der Waals surface area (Å²) >= 11 is 1.41. The van der Waals surface area contributed by atoms with Gasteiger partial charge in [0.1, 0.15) is 16.4 Å². The van der Waals surface area contributed by atoms with Crippen LogP contribution in [0.15, 0.2) is 47.5 Å². The van der Waals surface area contributed by atoms with Crippen molar-refractivity contribution in [1.82, 2.24) is 8.68 Å². The number of ether oxygens (including phenoxy) is 2. The first kappa shape index (κ1) is 21.5. The van der Waals surface area contributed by atoms with E-state index in [1.165, 1.54) is 36.1 Å². The van der Waals surface area contributed by atoms with E-state index in [1.807, 2.05) is 18.2 Å². The maximum absolute atomic E-state index is 13.2. The molecule has 0 saturated carbocycles. The fourth-order valence-corrected chi connectivity index (χ4v) is 5.94. The molecule has 1 aliphatic rings. The number of hydrogen-bond acceptors (Lipinski definition) is 7. The molecule has 1 N–H and O–H groups in total. The van der Waals surface area contributed by atoms with Crippen molar-refractivity contribution in [2.24, 2.45) is 5.92 Å². The molecule has 1 aliphatic heterocycles. The van der Waals surface area contributed by atoms with Crippen molar-refractivity contribution in [3.05, 3.63) is 42.6 Å². The quantitative estimate of drug-likeness (QED) is 0.605. The van der Waals surface area contributed by atoms with E-state index in [2.05, 4.69) is 9.69 Å². The van der Waals surface area contributed by atoms with Gasteiger partial charge in [0.05, 0.1) is 18.9 Å². The van der Waals surface area contributed by atoms with E-state index in [4.69, 9.17) is 9.47 Å². The van der Waals surface area contributed by atoms with E-state index in [1.54, 1.807) is 18.3 Å². The van der Waals surface area contributed by atoms with Crippen LogP contribution >= 0.6 is 11.5 Å². The van der Waals surface area contributed by atoms with E-state index in [9.17, 15) is 13.2 Å². The molecule has 0 spiro atoms. The number of methoxy groups -OCH3 is 2. The molecule has 3 aromatic rings. The third-order valence-corrected chi connectivity index (χ3v) is 8.13. The van der Waals surface area contributed by atoms with Crippen molar-refractivity contribution in [3.8, 4) is 11.5 Å². The van der Waals surface area contributed by atoms with Gasteiger partial charge in [-0.3, -0.25) is 4.79 Å². The standard InChI is InChI=1S/C21H23N3O5S2/c1-28-17-4-5-18(29-2)20(12-17)31(26,27)24-9-7-14(8-10-24)21(25)23-16-3-6-19-15(11-16)13-22-30-19/h3-6,11-14H,7-10H2,1-2H3,(H,23,25). The molecule has 0 bridgehead atoms. The summed E-state index contributed by atoms with van der Waals surface area (Å²) < 4.78 is 43.4. The van der Waals surface area contributed by atoms with Gasteiger partial charge in [-0.05, 0) is 54.7 Å². The molecule has 1 fully saturated rings. The van der Waals surface area contributed by atoms with Crippen LogP contribution in [0.4, 0.5) is 5.69 Å². The topological polar surface area (TPSA) is 97.8 Å². The van der Waals surface area contributed by atoms with Gasteiger partial charge in [0.2, 0.25) is 15.9 Å². The molecule has 1 saturated heterocycles. The Hall–Kier alpha value is -2.69. The van der Waals surface area contributed by atoms with Gasteiger partial charge in [-0.15, -0.1) is 0 Å². The molecule has 1 amide bonds. The Bertz CT molecular complexity index is 1200. The van der Waals surface area contributed by atoms with Gasteiger partial charge in [-0.1, -0.05) is 0 Å². The van der Waals surface area contributed by atoms with Crippen LogP contribution in [0.5, 0.6) is 11.5 Å². The van der Waals surface area contributed by atoms with E-state index in [0.29, 0.717) is 24.3 Å². The summed E-state index contributed by atoms with van der Waals surface area (Å²) in [6, 6.07) is 10.4. The number of amides is 1. The van der Waals surface area contributed by atoms with Crippen LogP contribution < -0.4 is 14.8 Å². The Morgan fingerprint density at radius 2 is 1.90 bits per heavy atom. The Labute approximate surface area is 185 Å². The molecule has 1 aromatic heterocycles. The summed E-state index contributed by atoms with van der Waals surface area (Å²) in [5.74, 6) is 0.346. The summed E-state index contributed by atoms with van der Waals surface area (Å²) in [7, 11) is -0.860. The third-order valence-electron chi connectivity index (χ3n) is 5.43. The molecular formula is C21H23N3O5S2. The molecule has 0 unspecified atom stereocenters. The number of piperidine rings is 1. The number of hydrogen-bond donors (Lipinski definition) is 1. The predicted octanol–water partition coefficient (Wildman–Crippen LogP) is 3.35. The highest BCUT2D eigenvalue weighted by Gasteiger charge is 2.34. The largest absolute Gasteiger partial charge is 0.497 e. The highest BCUT2D eigenvalue weighted by atomic mass is 32.2. The predicted molar refractivity (Wildman–Crippen MR) is 119 cm³/mol. The average molecular weight is 462 g/mol. The number of sulfonamides is 1. The van der Waals surface area contributed by atoms with Gasteiger partial charge in [0.15, 0.2) is 0 Å². The zero-order chi connectivity index (χ0) is 22.0. The van der Waals surface area contributed by atoms with E-state index >= 15 is 0 Å². The lowest BCUT2D eigenvalue weighted by atomic mass is 9.97. The maximum Gasteiger partial charge on any atom is 0.246 e. The molecule has 2 heterocycles. The van der Waals surface area contributed by atoms with Crippen LogP contribution in [0.3, 0.4) is 0 Å². The zero-order valence-corrected chi connectivity index (χ0v) is 18.8.